The molecule has 1 saturated heterocycles. The summed E-state index contributed by atoms with van der Waals surface area (Å²) in [5, 5.41) is 8.95. The molecule has 2 fully saturated rings. The summed E-state index contributed by atoms with van der Waals surface area (Å²) in [6, 6.07) is 8.10. The average molecular weight is 482 g/mol. The van der Waals surface area contributed by atoms with Crippen molar-refractivity contribution in [3.8, 4) is 17.7 Å². The molecule has 2 atom stereocenters. The highest BCUT2D eigenvalue weighted by Gasteiger charge is 2.41. The first-order valence-electron chi connectivity index (χ1n) is 10.7. The Morgan fingerprint density at radius 3 is 2.55 bits per heavy atom. The van der Waals surface area contributed by atoms with Crippen molar-refractivity contribution in [2.45, 2.75) is 38.5 Å². The van der Waals surface area contributed by atoms with Crippen LogP contribution in [0.2, 0.25) is 5.02 Å². The maximum absolute atomic E-state index is 13.2. The molecule has 2 bridgehead atoms. The number of ether oxygens (including phenoxy) is 1. The van der Waals surface area contributed by atoms with Crippen LogP contribution in [0.15, 0.2) is 30.3 Å². The van der Waals surface area contributed by atoms with E-state index in [-0.39, 0.29) is 23.8 Å². The number of piperidine rings is 1. The monoisotopic (exact) mass is 481 g/mol. The highest BCUT2D eigenvalue weighted by molar-refractivity contribution is 6.30. The first kappa shape index (κ1) is 22.0. The third-order valence-corrected chi connectivity index (χ3v) is 6.43. The van der Waals surface area contributed by atoms with Gasteiger partial charge in [-0.1, -0.05) is 17.7 Å². The van der Waals surface area contributed by atoms with Crippen LogP contribution in [0, 0.1) is 18.8 Å². The minimum absolute atomic E-state index is 0.00148. The third-order valence-electron chi connectivity index (χ3n) is 6.19. The number of aryl methyl sites for hydroxylation is 1. The maximum Gasteiger partial charge on any atom is 0.408 e. The first-order valence-corrected chi connectivity index (χ1v) is 11.1. The van der Waals surface area contributed by atoms with Crippen LogP contribution >= 0.6 is 11.6 Å². The minimum atomic E-state index is -4.51. The lowest BCUT2D eigenvalue weighted by molar-refractivity contribution is -0.143. The second kappa shape index (κ2) is 8.21. The van der Waals surface area contributed by atoms with Crippen molar-refractivity contribution in [3.05, 3.63) is 41.0 Å². The quantitative estimate of drug-likeness (QED) is 0.593. The fourth-order valence-corrected chi connectivity index (χ4v) is 4.88. The van der Waals surface area contributed by atoms with Gasteiger partial charge in [0.2, 0.25) is 0 Å². The van der Waals surface area contributed by atoms with Gasteiger partial charge >= 0.3 is 12.2 Å². The number of nitrogens with two attached hydrogens (primary N) is 1. The van der Waals surface area contributed by atoms with E-state index in [1.807, 2.05) is 13.0 Å². The van der Waals surface area contributed by atoms with Crippen LogP contribution in [0.25, 0.3) is 5.95 Å². The number of halogens is 4. The molecule has 33 heavy (non-hydrogen) atoms. The predicted octanol–water partition coefficient (Wildman–Crippen LogP) is 3.95. The van der Waals surface area contributed by atoms with Crippen molar-refractivity contribution < 1.29 is 17.9 Å². The zero-order chi connectivity index (χ0) is 23.3. The van der Waals surface area contributed by atoms with Gasteiger partial charge in [-0.3, -0.25) is 0 Å². The summed E-state index contributed by atoms with van der Waals surface area (Å²) >= 11 is 5.98. The molecule has 0 spiro atoms. The van der Waals surface area contributed by atoms with E-state index in [2.05, 4.69) is 20.1 Å². The van der Waals surface area contributed by atoms with E-state index in [9.17, 15) is 13.2 Å². The molecule has 2 unspecified atom stereocenters. The van der Waals surface area contributed by atoms with E-state index >= 15 is 0 Å². The molecule has 1 saturated carbocycles. The minimum Gasteiger partial charge on any atom is -0.424 e. The van der Waals surface area contributed by atoms with Gasteiger partial charge in [-0.05, 0) is 49.8 Å². The molecule has 0 amide bonds. The van der Waals surface area contributed by atoms with E-state index in [1.54, 1.807) is 18.2 Å². The second-order valence-corrected chi connectivity index (χ2v) is 9.10. The number of hydrogen-bond donors (Lipinski definition) is 1. The maximum atomic E-state index is 13.2. The molecule has 3 aromatic rings. The lowest BCUT2D eigenvalue weighted by atomic mass is 9.93. The number of aromatic nitrogens is 5. The molecule has 3 heterocycles. The fraction of sp³-hybridized carbons (Fsp3) is 0.476. The summed E-state index contributed by atoms with van der Waals surface area (Å²) in [7, 11) is 0. The molecule has 8 nitrogen and oxygen atoms in total. The van der Waals surface area contributed by atoms with Gasteiger partial charge in [0.25, 0.3) is 5.95 Å². The fourth-order valence-electron chi connectivity index (χ4n) is 4.70. The summed E-state index contributed by atoms with van der Waals surface area (Å²) in [6.45, 7) is 1.99. The van der Waals surface area contributed by atoms with Crippen molar-refractivity contribution in [1.82, 2.24) is 24.5 Å². The lowest BCUT2D eigenvalue weighted by Crippen LogP contribution is -2.49. The number of nitrogens with zero attached hydrogens (tertiary/aromatic N) is 6. The summed E-state index contributed by atoms with van der Waals surface area (Å²) in [4.78, 5) is 6.44. The smallest absolute Gasteiger partial charge is 0.408 e. The van der Waals surface area contributed by atoms with Crippen LogP contribution < -0.4 is 15.4 Å². The Morgan fingerprint density at radius 2 is 1.88 bits per heavy atom. The molecular weight excluding hydrogens is 459 g/mol. The Hall–Kier alpha value is -2.79. The largest absolute Gasteiger partial charge is 0.424 e. The topological polar surface area (TPSA) is 87.0 Å². The molecular formula is C21H23ClF3N7O. The Bertz CT molecular complexity index is 1150. The van der Waals surface area contributed by atoms with E-state index in [4.69, 9.17) is 22.1 Å². The van der Waals surface area contributed by atoms with Crippen LogP contribution in [0.5, 0.6) is 11.8 Å². The Balaban J connectivity index is 1.51. The first-order chi connectivity index (χ1) is 15.7. The number of fused-ring (bicyclic) bond motifs is 2. The SMILES string of the molecule is Cc1cc(N2CC3CCC(C2)C3N)n(-c2nc(Oc3cccc(Cl)c3)n(CC(F)(F)F)n2)n1. The van der Waals surface area contributed by atoms with Crippen molar-refractivity contribution >= 4 is 17.4 Å². The predicted molar refractivity (Wildman–Crippen MR) is 116 cm³/mol. The van der Waals surface area contributed by atoms with Crippen LogP contribution in [-0.2, 0) is 6.54 Å². The molecule has 176 valence electrons. The van der Waals surface area contributed by atoms with E-state index in [1.165, 1.54) is 10.7 Å². The summed E-state index contributed by atoms with van der Waals surface area (Å²) < 4.78 is 47.5. The molecule has 5 rings (SSSR count). The Morgan fingerprint density at radius 1 is 1.15 bits per heavy atom. The lowest BCUT2D eigenvalue weighted by Gasteiger charge is -2.37. The van der Waals surface area contributed by atoms with Gasteiger partial charge in [-0.2, -0.15) is 27.9 Å². The summed E-state index contributed by atoms with van der Waals surface area (Å²) in [5.41, 5.74) is 7.04. The third kappa shape index (κ3) is 4.51. The van der Waals surface area contributed by atoms with Gasteiger partial charge in [0.1, 0.15) is 18.1 Å². The molecule has 0 radical (unpaired) electrons. The van der Waals surface area contributed by atoms with Crippen molar-refractivity contribution in [3.63, 3.8) is 0 Å². The van der Waals surface area contributed by atoms with Crippen molar-refractivity contribution in [2.24, 2.45) is 17.6 Å². The number of alkyl halides is 3. The van der Waals surface area contributed by atoms with Gasteiger partial charge in [0, 0.05) is 30.2 Å². The molecule has 2 N–H and O–H groups in total. The number of anilines is 1. The van der Waals surface area contributed by atoms with E-state index < -0.39 is 12.7 Å². The van der Waals surface area contributed by atoms with Crippen LogP contribution in [0.1, 0.15) is 18.5 Å². The zero-order valence-electron chi connectivity index (χ0n) is 17.8. The zero-order valence-corrected chi connectivity index (χ0v) is 18.6. The molecule has 1 aromatic carbocycles. The molecule has 2 aromatic heterocycles. The van der Waals surface area contributed by atoms with E-state index in [0.717, 1.165) is 31.7 Å². The Labute approximate surface area is 193 Å². The van der Waals surface area contributed by atoms with Crippen LogP contribution in [0.3, 0.4) is 0 Å². The van der Waals surface area contributed by atoms with Gasteiger partial charge in [-0.25, -0.2) is 4.68 Å². The molecule has 12 heteroatoms. The normalized spacial score (nSPS) is 22.7. The van der Waals surface area contributed by atoms with Crippen molar-refractivity contribution in [1.29, 1.82) is 0 Å². The highest BCUT2D eigenvalue weighted by Crippen LogP contribution is 2.38. The average Bonchev–Trinajstić information content (AvgIpc) is 3.34. The van der Waals surface area contributed by atoms with Gasteiger partial charge < -0.3 is 15.4 Å². The number of hydrogen-bond acceptors (Lipinski definition) is 6. The number of rotatable bonds is 5. The summed E-state index contributed by atoms with van der Waals surface area (Å²) in [6.07, 6.45) is -2.36. The van der Waals surface area contributed by atoms with Gasteiger partial charge in [0.15, 0.2) is 0 Å². The van der Waals surface area contributed by atoms with Crippen LogP contribution in [-0.4, -0.2) is 49.9 Å². The second-order valence-electron chi connectivity index (χ2n) is 8.66. The molecule has 1 aliphatic heterocycles. The molecule has 2 aliphatic rings. The van der Waals surface area contributed by atoms with Crippen molar-refractivity contribution in [2.75, 3.05) is 18.0 Å². The number of benzene rings is 1. The van der Waals surface area contributed by atoms with E-state index in [0.29, 0.717) is 27.2 Å². The standard InChI is InChI=1S/C21H23ClF3N7O/c1-12-7-17(30-9-13-5-6-14(10-30)18(13)26)32(28-12)19-27-20(31(29-19)11-21(23,24)25)33-16-4-2-3-15(22)8-16/h2-4,7-8,13-14,18H,5-6,9-11,26H2,1H3. The molecule has 1 aliphatic carbocycles. The summed E-state index contributed by atoms with van der Waals surface area (Å²) in [5.74, 6) is 1.74. The van der Waals surface area contributed by atoms with Gasteiger partial charge in [-0.15, -0.1) is 5.10 Å². The van der Waals surface area contributed by atoms with Gasteiger partial charge in [0.05, 0.1) is 5.69 Å². The Kier molecular flexibility index (Phi) is 5.48. The van der Waals surface area contributed by atoms with Crippen LogP contribution in [0.4, 0.5) is 19.0 Å². The highest BCUT2D eigenvalue weighted by atomic mass is 35.5.